The molecule has 0 saturated heterocycles. The molecule has 0 aliphatic carbocycles. The van der Waals surface area contributed by atoms with Gasteiger partial charge in [0.15, 0.2) is 0 Å². The molecule has 0 bridgehead atoms. The van der Waals surface area contributed by atoms with Crippen molar-refractivity contribution in [2.24, 2.45) is 0 Å². The highest BCUT2D eigenvalue weighted by atomic mass is 79.9. The average molecular weight is 313 g/mol. The van der Waals surface area contributed by atoms with Gasteiger partial charge in [-0.05, 0) is 22.0 Å². The molecule has 0 aliphatic heterocycles. The fraction of sp³-hybridized carbons (Fsp3) is 0.200. The van der Waals surface area contributed by atoms with Crippen LogP contribution in [0, 0.1) is 10.1 Å². The topological polar surface area (TPSA) is 83.1 Å². The smallest absolute Gasteiger partial charge is 0.270 e. The Morgan fingerprint density at radius 3 is 2.94 bits per heavy atom. The summed E-state index contributed by atoms with van der Waals surface area (Å²) in [6.45, 7) is 0.962. The van der Waals surface area contributed by atoms with Crippen LogP contribution in [0.3, 0.4) is 0 Å². The minimum Gasteiger partial charge on any atom is -0.490 e. The Hall–Kier alpha value is -1.96. The van der Waals surface area contributed by atoms with Crippen LogP contribution < -0.4 is 4.74 Å². The highest BCUT2D eigenvalue weighted by Gasteiger charge is 2.09. The van der Waals surface area contributed by atoms with Gasteiger partial charge in [-0.15, -0.1) is 0 Å². The average Bonchev–Trinajstić information content (AvgIpc) is 2.84. The lowest BCUT2D eigenvalue weighted by Crippen LogP contribution is -2.08. The van der Waals surface area contributed by atoms with Crippen LogP contribution in [0.1, 0.15) is 0 Å². The molecule has 0 atom stereocenters. The fourth-order valence-corrected chi connectivity index (χ4v) is 1.80. The summed E-state index contributed by atoms with van der Waals surface area (Å²) in [7, 11) is 0. The Morgan fingerprint density at radius 1 is 1.50 bits per heavy atom. The number of non-ortho nitro benzene ring substituents is 1. The number of rotatable bonds is 5. The summed E-state index contributed by atoms with van der Waals surface area (Å²) in [6, 6.07) is 4.36. The molecule has 1 heterocycles. The van der Waals surface area contributed by atoms with Crippen LogP contribution in [0.5, 0.6) is 5.75 Å². The molecule has 2 aromatic rings. The molecule has 0 spiro atoms. The predicted molar refractivity (Wildman–Crippen MR) is 66.3 cm³/mol. The molecule has 94 valence electrons. The molecular weight excluding hydrogens is 304 g/mol. The quantitative estimate of drug-likeness (QED) is 0.623. The number of nitro benzene ring substituents is 1. The van der Waals surface area contributed by atoms with Gasteiger partial charge < -0.3 is 4.74 Å². The van der Waals surface area contributed by atoms with Gasteiger partial charge in [0.2, 0.25) is 0 Å². The van der Waals surface area contributed by atoms with E-state index in [-0.39, 0.29) is 5.69 Å². The Bertz CT molecular complexity index is 544. The zero-order chi connectivity index (χ0) is 13.0. The fourth-order valence-electron chi connectivity index (χ4n) is 1.32. The van der Waals surface area contributed by atoms with Crippen LogP contribution in [0.4, 0.5) is 5.69 Å². The number of hydrogen-bond acceptors (Lipinski definition) is 5. The van der Waals surface area contributed by atoms with Crippen molar-refractivity contribution in [2.45, 2.75) is 6.54 Å². The second-order valence-corrected chi connectivity index (χ2v) is 4.23. The van der Waals surface area contributed by atoms with E-state index >= 15 is 0 Å². The third-order valence-electron chi connectivity index (χ3n) is 2.17. The molecule has 0 fully saturated rings. The summed E-state index contributed by atoms with van der Waals surface area (Å²) < 4.78 is 7.68. The zero-order valence-electron chi connectivity index (χ0n) is 9.19. The van der Waals surface area contributed by atoms with Gasteiger partial charge in [0.25, 0.3) is 5.69 Å². The van der Waals surface area contributed by atoms with Gasteiger partial charge in [-0.1, -0.05) is 0 Å². The second kappa shape index (κ2) is 5.58. The van der Waals surface area contributed by atoms with Crippen molar-refractivity contribution < 1.29 is 9.66 Å². The molecule has 7 nitrogen and oxygen atoms in total. The maximum atomic E-state index is 10.6. The van der Waals surface area contributed by atoms with Crippen molar-refractivity contribution in [3.8, 4) is 5.75 Å². The van der Waals surface area contributed by atoms with Gasteiger partial charge in [0.05, 0.1) is 15.9 Å². The van der Waals surface area contributed by atoms with Crippen LogP contribution in [0.25, 0.3) is 0 Å². The van der Waals surface area contributed by atoms with E-state index < -0.39 is 4.92 Å². The Morgan fingerprint density at radius 2 is 2.33 bits per heavy atom. The lowest BCUT2D eigenvalue weighted by atomic mass is 10.3. The van der Waals surface area contributed by atoms with Crippen molar-refractivity contribution >= 4 is 21.6 Å². The number of halogens is 1. The first-order chi connectivity index (χ1) is 8.66. The van der Waals surface area contributed by atoms with E-state index in [9.17, 15) is 10.1 Å². The lowest BCUT2D eigenvalue weighted by Gasteiger charge is -2.07. The van der Waals surface area contributed by atoms with Crippen LogP contribution in [0.2, 0.25) is 0 Å². The second-order valence-electron chi connectivity index (χ2n) is 3.38. The van der Waals surface area contributed by atoms with Crippen LogP contribution in [0.15, 0.2) is 35.3 Å². The maximum Gasteiger partial charge on any atom is 0.270 e. The molecule has 1 aromatic heterocycles. The highest BCUT2D eigenvalue weighted by Crippen LogP contribution is 2.28. The number of nitrogens with zero attached hydrogens (tertiary/aromatic N) is 4. The normalized spacial score (nSPS) is 10.3. The van der Waals surface area contributed by atoms with Crippen molar-refractivity contribution in [3.05, 3.63) is 45.4 Å². The third-order valence-corrected chi connectivity index (χ3v) is 2.79. The zero-order valence-corrected chi connectivity index (χ0v) is 10.8. The third kappa shape index (κ3) is 3.04. The van der Waals surface area contributed by atoms with E-state index in [2.05, 4.69) is 26.0 Å². The molecule has 0 radical (unpaired) electrons. The maximum absolute atomic E-state index is 10.6. The van der Waals surface area contributed by atoms with Gasteiger partial charge >= 0.3 is 0 Å². The van der Waals surface area contributed by atoms with Crippen molar-refractivity contribution in [1.82, 2.24) is 14.8 Å². The van der Waals surface area contributed by atoms with E-state index in [4.69, 9.17) is 4.74 Å². The monoisotopic (exact) mass is 312 g/mol. The standard InChI is InChI=1S/C10H9BrN4O3/c11-9-5-8(15(16)17)1-2-10(9)18-4-3-14-7-12-6-13-14/h1-2,5-7H,3-4H2. The Kier molecular flexibility index (Phi) is 3.88. The first-order valence-electron chi connectivity index (χ1n) is 5.06. The van der Waals surface area contributed by atoms with E-state index in [0.717, 1.165) is 0 Å². The highest BCUT2D eigenvalue weighted by molar-refractivity contribution is 9.10. The summed E-state index contributed by atoms with van der Waals surface area (Å²) in [5, 5.41) is 14.5. The van der Waals surface area contributed by atoms with E-state index in [1.807, 2.05) is 0 Å². The van der Waals surface area contributed by atoms with Gasteiger partial charge in [0, 0.05) is 12.1 Å². The summed E-state index contributed by atoms with van der Waals surface area (Å²) in [5.74, 6) is 0.556. The first kappa shape index (κ1) is 12.5. The molecule has 0 unspecified atom stereocenters. The molecule has 0 saturated carbocycles. The Balaban J connectivity index is 1.95. The first-order valence-corrected chi connectivity index (χ1v) is 5.85. The van der Waals surface area contributed by atoms with Crippen molar-refractivity contribution in [3.63, 3.8) is 0 Å². The molecule has 1 aromatic carbocycles. The molecule has 0 amide bonds. The van der Waals surface area contributed by atoms with E-state index in [1.165, 1.54) is 18.5 Å². The summed E-state index contributed by atoms with van der Waals surface area (Å²) >= 11 is 3.23. The van der Waals surface area contributed by atoms with Crippen LogP contribution >= 0.6 is 15.9 Å². The molecule has 2 rings (SSSR count). The number of hydrogen-bond donors (Lipinski definition) is 0. The number of aromatic nitrogens is 3. The van der Waals surface area contributed by atoms with Gasteiger partial charge in [-0.2, -0.15) is 5.10 Å². The number of nitro groups is 1. The van der Waals surface area contributed by atoms with E-state index in [0.29, 0.717) is 23.4 Å². The largest absolute Gasteiger partial charge is 0.490 e. The Labute approximate surface area is 111 Å². The van der Waals surface area contributed by atoms with E-state index in [1.54, 1.807) is 17.1 Å². The number of ether oxygens (including phenoxy) is 1. The van der Waals surface area contributed by atoms with Gasteiger partial charge in [-0.25, -0.2) is 9.67 Å². The van der Waals surface area contributed by atoms with Crippen LogP contribution in [-0.4, -0.2) is 26.3 Å². The number of benzene rings is 1. The minimum atomic E-state index is -0.454. The van der Waals surface area contributed by atoms with Crippen LogP contribution in [-0.2, 0) is 6.54 Å². The summed E-state index contributed by atoms with van der Waals surface area (Å²) in [5.41, 5.74) is 0.0190. The molecular formula is C10H9BrN4O3. The lowest BCUT2D eigenvalue weighted by molar-refractivity contribution is -0.385. The molecule has 0 N–H and O–H groups in total. The molecule has 18 heavy (non-hydrogen) atoms. The summed E-state index contributed by atoms with van der Waals surface area (Å²) in [6.07, 6.45) is 3.04. The van der Waals surface area contributed by atoms with Gasteiger partial charge in [-0.3, -0.25) is 10.1 Å². The van der Waals surface area contributed by atoms with Crippen molar-refractivity contribution in [2.75, 3.05) is 6.61 Å². The molecule has 0 aliphatic rings. The SMILES string of the molecule is O=[N+]([O-])c1ccc(OCCn2cncn2)c(Br)c1. The molecule has 8 heteroatoms. The van der Waals surface area contributed by atoms with Crippen molar-refractivity contribution in [1.29, 1.82) is 0 Å². The van der Waals surface area contributed by atoms with Gasteiger partial charge in [0.1, 0.15) is 25.0 Å². The minimum absolute atomic E-state index is 0.0190. The summed E-state index contributed by atoms with van der Waals surface area (Å²) in [4.78, 5) is 13.9. The predicted octanol–water partition coefficient (Wildman–Crippen LogP) is 2.03.